The van der Waals surface area contributed by atoms with E-state index < -0.39 is 0 Å². The van der Waals surface area contributed by atoms with Crippen molar-refractivity contribution in [1.29, 1.82) is 0 Å². The molecule has 0 amide bonds. The summed E-state index contributed by atoms with van der Waals surface area (Å²) in [5.74, 6) is 0.650. The van der Waals surface area contributed by atoms with Gasteiger partial charge in [0.1, 0.15) is 12.5 Å². The minimum atomic E-state index is 0.622. The molecule has 0 bridgehead atoms. The van der Waals surface area contributed by atoms with Crippen LogP contribution >= 0.6 is 0 Å². The maximum atomic E-state index is 6.03. The summed E-state index contributed by atoms with van der Waals surface area (Å²) in [5.41, 5.74) is 10.7. The third kappa shape index (κ3) is 2.19. The summed E-state index contributed by atoms with van der Waals surface area (Å²) in [4.78, 5) is 6.69. The van der Waals surface area contributed by atoms with Gasteiger partial charge in [0.05, 0.1) is 0 Å². The number of anilines is 1. The zero-order chi connectivity index (χ0) is 13.2. The first-order valence-corrected chi connectivity index (χ1v) is 6.44. The Bertz CT molecular complexity index is 617. The van der Waals surface area contributed by atoms with E-state index in [1.807, 2.05) is 6.07 Å². The van der Waals surface area contributed by atoms with Crippen molar-refractivity contribution >= 4 is 11.5 Å². The van der Waals surface area contributed by atoms with Crippen LogP contribution in [0.2, 0.25) is 0 Å². The lowest BCUT2D eigenvalue weighted by Gasteiger charge is -2.30. The van der Waals surface area contributed by atoms with Gasteiger partial charge in [-0.2, -0.15) is 0 Å². The first kappa shape index (κ1) is 11.8. The van der Waals surface area contributed by atoms with Gasteiger partial charge in [-0.25, -0.2) is 4.99 Å². The molecule has 19 heavy (non-hydrogen) atoms. The fraction of sp³-hybridized carbons (Fsp3) is 0.188. The van der Waals surface area contributed by atoms with E-state index >= 15 is 0 Å². The molecule has 0 atom stereocenters. The lowest BCUT2D eigenvalue weighted by molar-refractivity contribution is 0.799. The molecule has 96 valence electrons. The second-order valence-corrected chi connectivity index (χ2v) is 4.84. The van der Waals surface area contributed by atoms with Crippen LogP contribution in [0, 0.1) is 6.92 Å². The smallest absolute Gasteiger partial charge is 0.130 e. The van der Waals surface area contributed by atoms with Crippen molar-refractivity contribution in [3.63, 3.8) is 0 Å². The van der Waals surface area contributed by atoms with Crippen molar-refractivity contribution in [3.8, 4) is 0 Å². The van der Waals surface area contributed by atoms with Crippen LogP contribution < -0.4 is 10.6 Å². The summed E-state index contributed by atoms with van der Waals surface area (Å²) in [6, 6.07) is 16.7. The maximum absolute atomic E-state index is 6.03. The van der Waals surface area contributed by atoms with Gasteiger partial charge in [0, 0.05) is 17.8 Å². The number of aryl methyl sites for hydroxylation is 1. The zero-order valence-electron chi connectivity index (χ0n) is 11.0. The van der Waals surface area contributed by atoms with Crippen molar-refractivity contribution < 1.29 is 0 Å². The first-order valence-electron chi connectivity index (χ1n) is 6.44. The zero-order valence-corrected chi connectivity index (χ0v) is 11.0. The molecule has 0 spiro atoms. The Balaban J connectivity index is 1.97. The Morgan fingerprint density at radius 2 is 1.89 bits per heavy atom. The highest BCUT2D eigenvalue weighted by atomic mass is 15.2. The molecule has 1 heterocycles. The van der Waals surface area contributed by atoms with Crippen LogP contribution in [0.3, 0.4) is 0 Å². The quantitative estimate of drug-likeness (QED) is 0.891. The number of fused-ring (bicyclic) bond motifs is 1. The van der Waals surface area contributed by atoms with Crippen LogP contribution in [0.25, 0.3) is 0 Å². The van der Waals surface area contributed by atoms with Crippen LogP contribution in [0.1, 0.15) is 16.7 Å². The van der Waals surface area contributed by atoms with Gasteiger partial charge < -0.3 is 10.6 Å². The fourth-order valence-corrected chi connectivity index (χ4v) is 2.50. The van der Waals surface area contributed by atoms with Gasteiger partial charge in [0.25, 0.3) is 0 Å². The summed E-state index contributed by atoms with van der Waals surface area (Å²) in [7, 11) is 0. The van der Waals surface area contributed by atoms with Crippen molar-refractivity contribution in [2.24, 2.45) is 10.7 Å². The van der Waals surface area contributed by atoms with Gasteiger partial charge in [-0.15, -0.1) is 0 Å². The molecule has 3 heteroatoms. The molecule has 2 N–H and O–H groups in total. The van der Waals surface area contributed by atoms with Crippen molar-refractivity contribution in [2.75, 3.05) is 11.6 Å². The van der Waals surface area contributed by atoms with E-state index in [1.54, 1.807) is 0 Å². The molecule has 1 aliphatic heterocycles. The van der Waals surface area contributed by atoms with Crippen molar-refractivity contribution in [1.82, 2.24) is 0 Å². The third-order valence-corrected chi connectivity index (χ3v) is 3.48. The highest BCUT2D eigenvalue weighted by Crippen LogP contribution is 2.27. The number of nitrogens with two attached hydrogens (primary N) is 1. The lowest BCUT2D eigenvalue weighted by Crippen LogP contribution is -2.32. The predicted molar refractivity (Wildman–Crippen MR) is 79.4 cm³/mol. The van der Waals surface area contributed by atoms with Crippen molar-refractivity contribution in [2.45, 2.75) is 13.5 Å². The Morgan fingerprint density at radius 3 is 2.68 bits per heavy atom. The average Bonchev–Trinajstić information content (AvgIpc) is 2.43. The summed E-state index contributed by atoms with van der Waals surface area (Å²) in [6.07, 6.45) is 0. The molecular weight excluding hydrogens is 234 g/mol. The SMILES string of the molecule is Cc1cccc2c1C(N)=NCN2Cc1ccccc1. The Morgan fingerprint density at radius 1 is 1.11 bits per heavy atom. The minimum Gasteiger partial charge on any atom is -0.383 e. The molecule has 0 fully saturated rings. The number of benzene rings is 2. The normalized spacial score (nSPS) is 13.9. The molecule has 2 aromatic carbocycles. The van der Waals surface area contributed by atoms with Gasteiger partial charge in [-0.1, -0.05) is 42.5 Å². The molecule has 0 saturated heterocycles. The summed E-state index contributed by atoms with van der Waals surface area (Å²) in [5, 5.41) is 0. The van der Waals surface area contributed by atoms with E-state index in [0.717, 1.165) is 12.1 Å². The van der Waals surface area contributed by atoms with Crippen LogP contribution in [-0.2, 0) is 6.54 Å². The number of hydrogen-bond acceptors (Lipinski definition) is 3. The summed E-state index contributed by atoms with van der Waals surface area (Å²) in [6.45, 7) is 3.55. The number of rotatable bonds is 2. The van der Waals surface area contributed by atoms with Gasteiger partial charge in [-0.05, 0) is 24.1 Å². The number of hydrogen-bond donors (Lipinski definition) is 1. The van der Waals surface area contributed by atoms with Crippen LogP contribution in [0.15, 0.2) is 53.5 Å². The largest absolute Gasteiger partial charge is 0.383 e. The predicted octanol–water partition coefficient (Wildman–Crippen LogP) is 2.68. The Labute approximate surface area is 113 Å². The molecule has 2 aromatic rings. The number of aliphatic imine (C=N–C) groups is 1. The second-order valence-electron chi connectivity index (χ2n) is 4.84. The third-order valence-electron chi connectivity index (χ3n) is 3.48. The standard InChI is InChI=1S/C16H17N3/c1-12-6-5-9-14-15(12)16(17)18-11-19(14)10-13-7-3-2-4-8-13/h2-9H,10-11H2,1H3,(H2,17,18). The lowest BCUT2D eigenvalue weighted by atomic mass is 10.0. The number of amidine groups is 1. The molecule has 1 aliphatic rings. The molecule has 0 aromatic heterocycles. The van der Waals surface area contributed by atoms with Crippen molar-refractivity contribution in [3.05, 3.63) is 65.2 Å². The van der Waals surface area contributed by atoms with Crippen LogP contribution in [0.4, 0.5) is 5.69 Å². The van der Waals surface area contributed by atoms with E-state index in [4.69, 9.17) is 5.73 Å². The molecule has 0 unspecified atom stereocenters. The average molecular weight is 251 g/mol. The van der Waals surface area contributed by atoms with E-state index in [1.165, 1.54) is 16.8 Å². The van der Waals surface area contributed by atoms with Gasteiger partial charge >= 0.3 is 0 Å². The van der Waals surface area contributed by atoms with E-state index in [9.17, 15) is 0 Å². The summed E-state index contributed by atoms with van der Waals surface area (Å²) >= 11 is 0. The molecular formula is C16H17N3. The summed E-state index contributed by atoms with van der Waals surface area (Å²) < 4.78 is 0. The number of nitrogens with zero attached hydrogens (tertiary/aromatic N) is 2. The molecule has 0 aliphatic carbocycles. The van der Waals surface area contributed by atoms with E-state index in [2.05, 4.69) is 59.3 Å². The molecule has 3 rings (SSSR count). The van der Waals surface area contributed by atoms with E-state index in [0.29, 0.717) is 12.5 Å². The topological polar surface area (TPSA) is 41.6 Å². The van der Waals surface area contributed by atoms with Gasteiger partial charge in [0.15, 0.2) is 0 Å². The molecule has 3 nitrogen and oxygen atoms in total. The van der Waals surface area contributed by atoms with Gasteiger partial charge in [0.2, 0.25) is 0 Å². The monoisotopic (exact) mass is 251 g/mol. The Kier molecular flexibility index (Phi) is 2.95. The maximum Gasteiger partial charge on any atom is 0.130 e. The minimum absolute atomic E-state index is 0.622. The van der Waals surface area contributed by atoms with Crippen LogP contribution in [-0.4, -0.2) is 12.5 Å². The Hall–Kier alpha value is -2.29. The highest BCUT2D eigenvalue weighted by molar-refractivity contribution is 6.05. The highest BCUT2D eigenvalue weighted by Gasteiger charge is 2.19. The van der Waals surface area contributed by atoms with E-state index in [-0.39, 0.29) is 0 Å². The molecule has 0 radical (unpaired) electrons. The molecule has 0 saturated carbocycles. The first-order chi connectivity index (χ1) is 9.25. The van der Waals surface area contributed by atoms with Gasteiger partial charge in [-0.3, -0.25) is 0 Å². The second kappa shape index (κ2) is 4.76. The fourth-order valence-electron chi connectivity index (χ4n) is 2.50. The van der Waals surface area contributed by atoms with Crippen LogP contribution in [0.5, 0.6) is 0 Å².